The highest BCUT2D eigenvalue weighted by molar-refractivity contribution is 9.10. The first-order valence-corrected chi connectivity index (χ1v) is 7.87. The number of aromatic nitrogens is 2. The predicted octanol–water partition coefficient (Wildman–Crippen LogP) is 3.13. The van der Waals surface area contributed by atoms with Crippen LogP contribution in [0.15, 0.2) is 28.7 Å². The minimum Gasteiger partial charge on any atom is -0.496 e. The third kappa shape index (κ3) is 3.66. The number of para-hydroxylation sites is 1. The van der Waals surface area contributed by atoms with Crippen LogP contribution in [0.3, 0.4) is 0 Å². The zero-order valence-corrected chi connectivity index (χ0v) is 14.2. The van der Waals surface area contributed by atoms with E-state index >= 15 is 0 Å². The highest BCUT2D eigenvalue weighted by atomic mass is 79.9. The van der Waals surface area contributed by atoms with Crippen LogP contribution in [-0.2, 0) is 19.4 Å². The molecule has 0 radical (unpaired) electrons. The Bertz CT molecular complexity index is 610. The van der Waals surface area contributed by atoms with Crippen LogP contribution in [0, 0.1) is 6.92 Å². The van der Waals surface area contributed by atoms with E-state index in [1.807, 2.05) is 35.9 Å². The van der Waals surface area contributed by atoms with Gasteiger partial charge in [0.2, 0.25) is 0 Å². The lowest BCUT2D eigenvalue weighted by atomic mass is 10.0. The number of methoxy groups -OCH3 is 1. The molecule has 114 valence electrons. The van der Waals surface area contributed by atoms with Crippen molar-refractivity contribution in [2.45, 2.75) is 39.3 Å². The van der Waals surface area contributed by atoms with Crippen LogP contribution in [-0.4, -0.2) is 28.1 Å². The lowest BCUT2D eigenvalue weighted by molar-refractivity contribution is 0.171. The molecule has 1 aromatic heterocycles. The second kappa shape index (κ2) is 7.09. The van der Waals surface area contributed by atoms with Crippen molar-refractivity contribution in [3.05, 3.63) is 45.7 Å². The van der Waals surface area contributed by atoms with Crippen LogP contribution in [0.1, 0.15) is 23.9 Å². The van der Waals surface area contributed by atoms with E-state index in [0.717, 1.165) is 33.7 Å². The minimum atomic E-state index is -0.473. The van der Waals surface area contributed by atoms with Crippen LogP contribution in [0.5, 0.6) is 5.75 Å². The lowest BCUT2D eigenvalue weighted by Gasteiger charge is -2.14. The fourth-order valence-corrected chi connectivity index (χ4v) is 2.93. The van der Waals surface area contributed by atoms with Gasteiger partial charge in [0.05, 0.1) is 29.1 Å². The standard InChI is InChI=1S/C16H21BrN2O2/c1-4-19-14(16(17)11(2)18-19)10-13(20)9-12-7-5-6-8-15(12)21-3/h5-8,13,20H,4,9-10H2,1-3H3. The summed E-state index contributed by atoms with van der Waals surface area (Å²) in [5.74, 6) is 0.816. The summed E-state index contributed by atoms with van der Waals surface area (Å²) in [6.07, 6.45) is 0.650. The van der Waals surface area contributed by atoms with Crippen molar-refractivity contribution in [2.75, 3.05) is 7.11 Å². The normalized spacial score (nSPS) is 12.4. The smallest absolute Gasteiger partial charge is 0.122 e. The number of halogens is 1. The maximum atomic E-state index is 10.4. The number of ether oxygens (including phenoxy) is 1. The number of nitrogens with zero attached hydrogens (tertiary/aromatic N) is 2. The minimum absolute atomic E-state index is 0.473. The van der Waals surface area contributed by atoms with Crippen LogP contribution in [0.25, 0.3) is 0 Å². The molecule has 0 aliphatic heterocycles. The van der Waals surface area contributed by atoms with Gasteiger partial charge in [-0.25, -0.2) is 0 Å². The van der Waals surface area contributed by atoms with Crippen molar-refractivity contribution in [2.24, 2.45) is 0 Å². The van der Waals surface area contributed by atoms with E-state index < -0.39 is 6.10 Å². The lowest BCUT2D eigenvalue weighted by Crippen LogP contribution is -2.17. The monoisotopic (exact) mass is 352 g/mol. The van der Waals surface area contributed by atoms with Crippen LogP contribution >= 0.6 is 15.9 Å². The molecule has 0 saturated heterocycles. The first kappa shape index (κ1) is 16.0. The molecular formula is C16H21BrN2O2. The Morgan fingerprint density at radius 3 is 2.71 bits per heavy atom. The van der Waals surface area contributed by atoms with Gasteiger partial charge in [0.1, 0.15) is 5.75 Å². The second-order valence-corrected chi connectivity index (χ2v) is 5.83. The fourth-order valence-electron chi connectivity index (χ4n) is 2.48. The molecule has 5 heteroatoms. The van der Waals surface area contributed by atoms with E-state index in [2.05, 4.69) is 28.0 Å². The van der Waals surface area contributed by atoms with E-state index in [1.54, 1.807) is 7.11 Å². The Balaban J connectivity index is 2.13. The van der Waals surface area contributed by atoms with E-state index in [1.165, 1.54) is 0 Å². The van der Waals surface area contributed by atoms with Crippen LogP contribution < -0.4 is 4.74 Å². The number of aliphatic hydroxyl groups excluding tert-OH is 1. The van der Waals surface area contributed by atoms with Crippen molar-refractivity contribution in [3.63, 3.8) is 0 Å². The average molecular weight is 353 g/mol. The molecule has 0 saturated carbocycles. The van der Waals surface area contributed by atoms with Gasteiger partial charge in [-0.05, 0) is 41.4 Å². The zero-order valence-electron chi connectivity index (χ0n) is 12.6. The molecule has 0 bridgehead atoms. The fraction of sp³-hybridized carbons (Fsp3) is 0.438. The summed E-state index contributed by atoms with van der Waals surface area (Å²) in [5.41, 5.74) is 3.01. The molecule has 1 unspecified atom stereocenters. The quantitative estimate of drug-likeness (QED) is 0.868. The molecule has 0 spiro atoms. The molecule has 1 atom stereocenters. The Kier molecular flexibility index (Phi) is 5.42. The molecule has 2 aromatic rings. The van der Waals surface area contributed by atoms with Gasteiger partial charge >= 0.3 is 0 Å². The molecule has 21 heavy (non-hydrogen) atoms. The molecule has 1 heterocycles. The molecule has 2 rings (SSSR count). The largest absolute Gasteiger partial charge is 0.496 e. The van der Waals surface area contributed by atoms with Crippen molar-refractivity contribution < 1.29 is 9.84 Å². The summed E-state index contributed by atoms with van der Waals surface area (Å²) in [4.78, 5) is 0. The number of rotatable bonds is 6. The molecular weight excluding hydrogens is 332 g/mol. The van der Waals surface area contributed by atoms with E-state index in [-0.39, 0.29) is 0 Å². The Morgan fingerprint density at radius 1 is 1.33 bits per heavy atom. The Hall–Kier alpha value is -1.33. The van der Waals surface area contributed by atoms with Gasteiger partial charge in [-0.15, -0.1) is 0 Å². The number of hydrogen-bond acceptors (Lipinski definition) is 3. The zero-order chi connectivity index (χ0) is 15.4. The highest BCUT2D eigenvalue weighted by Gasteiger charge is 2.17. The van der Waals surface area contributed by atoms with Gasteiger partial charge in [-0.2, -0.15) is 5.10 Å². The number of benzene rings is 1. The molecule has 1 N–H and O–H groups in total. The Labute approximate surface area is 133 Å². The summed E-state index contributed by atoms with van der Waals surface area (Å²) < 4.78 is 8.26. The third-order valence-corrected chi connectivity index (χ3v) is 4.56. The summed E-state index contributed by atoms with van der Waals surface area (Å²) in [6, 6.07) is 7.79. The second-order valence-electron chi connectivity index (χ2n) is 5.04. The molecule has 0 aliphatic rings. The summed E-state index contributed by atoms with van der Waals surface area (Å²) in [7, 11) is 1.65. The third-order valence-electron chi connectivity index (χ3n) is 3.53. The molecule has 1 aromatic carbocycles. The summed E-state index contributed by atoms with van der Waals surface area (Å²) in [5, 5.41) is 14.9. The van der Waals surface area contributed by atoms with Gasteiger partial charge in [-0.1, -0.05) is 18.2 Å². The number of hydrogen-bond donors (Lipinski definition) is 1. The van der Waals surface area contributed by atoms with Gasteiger partial charge in [0, 0.05) is 19.4 Å². The van der Waals surface area contributed by atoms with Crippen LogP contribution in [0.2, 0.25) is 0 Å². The van der Waals surface area contributed by atoms with E-state index in [4.69, 9.17) is 4.74 Å². The Morgan fingerprint density at radius 2 is 2.05 bits per heavy atom. The number of aryl methyl sites for hydroxylation is 2. The van der Waals surface area contributed by atoms with Crippen molar-refractivity contribution in [1.82, 2.24) is 9.78 Å². The topological polar surface area (TPSA) is 47.3 Å². The molecule has 4 nitrogen and oxygen atoms in total. The molecule has 0 amide bonds. The number of aliphatic hydroxyl groups is 1. The van der Waals surface area contributed by atoms with Gasteiger partial charge < -0.3 is 9.84 Å². The van der Waals surface area contributed by atoms with Crippen molar-refractivity contribution >= 4 is 15.9 Å². The summed E-state index contributed by atoms with van der Waals surface area (Å²) >= 11 is 3.56. The van der Waals surface area contributed by atoms with Crippen LogP contribution in [0.4, 0.5) is 0 Å². The molecule has 0 fully saturated rings. The first-order valence-electron chi connectivity index (χ1n) is 7.08. The van der Waals surface area contributed by atoms with Crippen molar-refractivity contribution in [1.29, 1.82) is 0 Å². The highest BCUT2D eigenvalue weighted by Crippen LogP contribution is 2.24. The summed E-state index contributed by atoms with van der Waals surface area (Å²) in [6.45, 7) is 4.81. The average Bonchev–Trinajstić information content (AvgIpc) is 2.75. The van der Waals surface area contributed by atoms with Crippen molar-refractivity contribution in [3.8, 4) is 5.75 Å². The van der Waals surface area contributed by atoms with Gasteiger partial charge in [-0.3, -0.25) is 4.68 Å². The maximum Gasteiger partial charge on any atom is 0.122 e. The predicted molar refractivity (Wildman–Crippen MR) is 86.7 cm³/mol. The maximum absolute atomic E-state index is 10.4. The van der Waals surface area contributed by atoms with E-state index in [9.17, 15) is 5.11 Å². The SMILES string of the molecule is CCn1nc(C)c(Br)c1CC(O)Cc1ccccc1OC. The van der Waals surface area contributed by atoms with Gasteiger partial charge in [0.25, 0.3) is 0 Å². The first-order chi connectivity index (χ1) is 10.1. The van der Waals surface area contributed by atoms with E-state index in [0.29, 0.717) is 12.8 Å². The van der Waals surface area contributed by atoms with Gasteiger partial charge in [0.15, 0.2) is 0 Å². The molecule has 0 aliphatic carbocycles.